The minimum absolute atomic E-state index is 0.0489. The van der Waals surface area contributed by atoms with Crippen LogP contribution in [0.15, 0.2) is 237 Å². The van der Waals surface area contributed by atoms with E-state index < -0.39 is 5.41 Å². The lowest BCUT2D eigenvalue weighted by Gasteiger charge is -2.42. The molecule has 0 saturated heterocycles. The standard InChI is InChI=1S/C67H55N/c1-65(2)40-41-66(3,4)63-43-52(35-39-61(63)65)58-44-59-57-26-16-17-27-60(57)67(53-22-10-6-11-23-53,54-24-12-7-13-25-54)62(59)45-64(58)68(56-38-34-47-20-14-15-21-51(47)42-56)55-36-32-50(33-37-55)49-30-28-48(29-31-49)46-18-8-5-9-19-46/h5-39,42-45H,40-41H2,1-4H3. The van der Waals surface area contributed by atoms with E-state index in [0.29, 0.717) is 0 Å². The average Bonchev–Trinajstić information content (AvgIpc) is 3.68. The zero-order chi connectivity index (χ0) is 46.0. The maximum atomic E-state index is 2.56. The molecule has 0 amide bonds. The van der Waals surface area contributed by atoms with Gasteiger partial charge in [-0.05, 0) is 143 Å². The van der Waals surface area contributed by atoms with Crippen LogP contribution in [0.25, 0.3) is 55.3 Å². The van der Waals surface area contributed by atoms with Gasteiger partial charge in [0.05, 0.1) is 11.1 Å². The number of hydrogen-bond donors (Lipinski definition) is 0. The highest BCUT2D eigenvalue weighted by Crippen LogP contribution is 2.59. The second kappa shape index (κ2) is 16.2. The van der Waals surface area contributed by atoms with Crippen molar-refractivity contribution in [2.75, 3.05) is 4.90 Å². The topological polar surface area (TPSA) is 3.24 Å². The number of fused-ring (bicyclic) bond motifs is 5. The molecule has 0 N–H and O–H groups in total. The molecular formula is C67H55N. The Bertz CT molecular complexity index is 3430. The Kier molecular flexibility index (Phi) is 9.96. The molecule has 0 aliphatic heterocycles. The quantitative estimate of drug-likeness (QED) is 0.147. The summed E-state index contributed by atoms with van der Waals surface area (Å²) in [6.45, 7) is 9.73. The van der Waals surface area contributed by atoms with E-state index in [1.54, 1.807) is 0 Å². The first-order valence-corrected chi connectivity index (χ1v) is 24.3. The Balaban J connectivity index is 1.14. The first kappa shape index (κ1) is 41.7. The van der Waals surface area contributed by atoms with E-state index in [2.05, 4.69) is 269 Å². The Morgan fingerprint density at radius 2 is 0.809 bits per heavy atom. The van der Waals surface area contributed by atoms with Crippen LogP contribution in [0.2, 0.25) is 0 Å². The molecule has 0 radical (unpaired) electrons. The molecule has 10 aromatic rings. The van der Waals surface area contributed by atoms with E-state index in [1.165, 1.54) is 95.1 Å². The van der Waals surface area contributed by atoms with Crippen LogP contribution in [-0.2, 0) is 16.2 Å². The Morgan fingerprint density at radius 3 is 1.46 bits per heavy atom. The summed E-state index contributed by atoms with van der Waals surface area (Å²) < 4.78 is 0. The van der Waals surface area contributed by atoms with Crippen LogP contribution >= 0.6 is 0 Å². The molecule has 0 aromatic heterocycles. The minimum atomic E-state index is -0.561. The lowest BCUT2D eigenvalue weighted by Crippen LogP contribution is -2.33. The number of nitrogens with zero attached hydrogens (tertiary/aromatic N) is 1. The molecule has 1 heteroatoms. The molecule has 0 fully saturated rings. The Labute approximate surface area is 402 Å². The van der Waals surface area contributed by atoms with E-state index in [0.717, 1.165) is 23.5 Å². The van der Waals surface area contributed by atoms with Crippen molar-refractivity contribution < 1.29 is 0 Å². The Morgan fingerprint density at radius 1 is 0.309 bits per heavy atom. The number of anilines is 3. The first-order chi connectivity index (χ1) is 33.2. The maximum absolute atomic E-state index is 2.56. The predicted octanol–water partition coefficient (Wildman–Crippen LogP) is 18.0. The molecular weight excluding hydrogens is 819 g/mol. The average molecular weight is 874 g/mol. The minimum Gasteiger partial charge on any atom is -0.310 e. The van der Waals surface area contributed by atoms with Crippen molar-refractivity contribution in [2.24, 2.45) is 0 Å². The largest absolute Gasteiger partial charge is 0.310 e. The van der Waals surface area contributed by atoms with Gasteiger partial charge in [-0.2, -0.15) is 0 Å². The van der Waals surface area contributed by atoms with Gasteiger partial charge in [-0.1, -0.05) is 228 Å². The van der Waals surface area contributed by atoms with Crippen LogP contribution in [0, 0.1) is 0 Å². The zero-order valence-electron chi connectivity index (χ0n) is 39.4. The van der Waals surface area contributed by atoms with Crippen molar-refractivity contribution in [3.63, 3.8) is 0 Å². The highest BCUT2D eigenvalue weighted by molar-refractivity contribution is 5.98. The van der Waals surface area contributed by atoms with Crippen molar-refractivity contribution in [1.29, 1.82) is 0 Å². The first-order valence-electron chi connectivity index (χ1n) is 24.3. The highest BCUT2D eigenvalue weighted by atomic mass is 15.1. The van der Waals surface area contributed by atoms with Crippen LogP contribution in [0.5, 0.6) is 0 Å². The molecule has 12 rings (SSSR count). The normalized spacial score (nSPS) is 15.0. The summed E-state index contributed by atoms with van der Waals surface area (Å²) in [5.74, 6) is 0. The van der Waals surface area contributed by atoms with E-state index in [1.807, 2.05) is 0 Å². The summed E-state index contributed by atoms with van der Waals surface area (Å²) in [5.41, 5.74) is 20.8. The molecule has 2 aliphatic carbocycles. The van der Waals surface area contributed by atoms with Gasteiger partial charge < -0.3 is 4.90 Å². The van der Waals surface area contributed by atoms with Gasteiger partial charge in [0.15, 0.2) is 0 Å². The summed E-state index contributed by atoms with van der Waals surface area (Å²) in [4.78, 5) is 2.53. The fraction of sp³-hybridized carbons (Fsp3) is 0.134. The molecule has 2 aliphatic rings. The number of rotatable bonds is 8. The summed E-state index contributed by atoms with van der Waals surface area (Å²) >= 11 is 0. The van der Waals surface area contributed by atoms with Gasteiger partial charge in [0, 0.05) is 16.9 Å². The Hall–Kier alpha value is -7.74. The van der Waals surface area contributed by atoms with Crippen LogP contribution in [-0.4, -0.2) is 0 Å². The van der Waals surface area contributed by atoms with Gasteiger partial charge in [0.25, 0.3) is 0 Å². The summed E-state index contributed by atoms with van der Waals surface area (Å²) in [6, 6.07) is 88.6. The fourth-order valence-electron chi connectivity index (χ4n) is 11.7. The lowest BCUT2D eigenvalue weighted by atomic mass is 9.63. The van der Waals surface area contributed by atoms with Gasteiger partial charge in [0.2, 0.25) is 0 Å². The van der Waals surface area contributed by atoms with E-state index in [-0.39, 0.29) is 10.8 Å². The molecule has 328 valence electrons. The lowest BCUT2D eigenvalue weighted by molar-refractivity contribution is 0.332. The summed E-state index contributed by atoms with van der Waals surface area (Å²) in [6.07, 6.45) is 2.33. The summed E-state index contributed by atoms with van der Waals surface area (Å²) in [7, 11) is 0. The molecule has 1 nitrogen and oxygen atoms in total. The maximum Gasteiger partial charge on any atom is 0.0714 e. The molecule has 68 heavy (non-hydrogen) atoms. The van der Waals surface area contributed by atoms with Crippen molar-refractivity contribution >= 4 is 27.8 Å². The molecule has 0 unspecified atom stereocenters. The number of hydrogen-bond acceptors (Lipinski definition) is 1. The SMILES string of the molecule is CC1(C)CCC(C)(C)c2cc(-c3cc4c(cc3N(c3ccc(-c5ccc(-c6ccccc6)cc5)cc3)c3ccc5ccccc5c3)C(c3ccccc3)(c3ccccc3)c3ccccc3-4)ccc21. The van der Waals surface area contributed by atoms with Crippen molar-refractivity contribution in [1.82, 2.24) is 0 Å². The van der Waals surface area contributed by atoms with Crippen molar-refractivity contribution in [3.05, 3.63) is 270 Å². The van der Waals surface area contributed by atoms with E-state index >= 15 is 0 Å². The highest BCUT2D eigenvalue weighted by Gasteiger charge is 2.47. The molecule has 0 spiro atoms. The van der Waals surface area contributed by atoms with Gasteiger partial charge >= 0.3 is 0 Å². The number of benzene rings is 10. The van der Waals surface area contributed by atoms with Crippen LogP contribution in [0.3, 0.4) is 0 Å². The summed E-state index contributed by atoms with van der Waals surface area (Å²) in [5, 5.41) is 2.43. The third-order valence-electron chi connectivity index (χ3n) is 15.4. The fourth-order valence-corrected chi connectivity index (χ4v) is 11.7. The second-order valence-electron chi connectivity index (χ2n) is 20.3. The molecule has 10 aromatic carbocycles. The smallest absolute Gasteiger partial charge is 0.0714 e. The molecule has 0 bridgehead atoms. The van der Waals surface area contributed by atoms with Crippen LogP contribution in [0.4, 0.5) is 17.1 Å². The van der Waals surface area contributed by atoms with Crippen LogP contribution in [0.1, 0.15) is 73.9 Å². The second-order valence-corrected chi connectivity index (χ2v) is 20.3. The van der Waals surface area contributed by atoms with Crippen molar-refractivity contribution in [3.8, 4) is 44.5 Å². The predicted molar refractivity (Wildman–Crippen MR) is 288 cm³/mol. The van der Waals surface area contributed by atoms with E-state index in [9.17, 15) is 0 Å². The monoisotopic (exact) mass is 873 g/mol. The molecule has 0 saturated carbocycles. The third-order valence-corrected chi connectivity index (χ3v) is 15.4. The molecule has 0 heterocycles. The third kappa shape index (κ3) is 6.83. The van der Waals surface area contributed by atoms with Crippen LogP contribution < -0.4 is 4.90 Å². The van der Waals surface area contributed by atoms with E-state index in [4.69, 9.17) is 0 Å². The van der Waals surface area contributed by atoms with Gasteiger partial charge in [0.1, 0.15) is 0 Å². The van der Waals surface area contributed by atoms with Gasteiger partial charge in [-0.3, -0.25) is 0 Å². The molecule has 0 atom stereocenters. The van der Waals surface area contributed by atoms with Gasteiger partial charge in [-0.25, -0.2) is 0 Å². The van der Waals surface area contributed by atoms with Gasteiger partial charge in [-0.15, -0.1) is 0 Å². The van der Waals surface area contributed by atoms with Crippen molar-refractivity contribution in [2.45, 2.75) is 56.8 Å². The zero-order valence-corrected chi connectivity index (χ0v) is 39.4.